The summed E-state index contributed by atoms with van der Waals surface area (Å²) in [5, 5.41) is 6.78. The fraction of sp³-hybridized carbons (Fsp3) is 0.381. The highest BCUT2D eigenvalue weighted by Crippen LogP contribution is 2.34. The Hall–Kier alpha value is -1.96. The minimum atomic E-state index is -0.0831. The van der Waals surface area contributed by atoms with Crippen LogP contribution in [-0.2, 0) is 12.0 Å². The zero-order valence-corrected chi connectivity index (χ0v) is 18.4. The molecule has 2 aromatic rings. The van der Waals surface area contributed by atoms with Crippen molar-refractivity contribution >= 4 is 29.9 Å². The van der Waals surface area contributed by atoms with Gasteiger partial charge in [-0.1, -0.05) is 50.2 Å². The highest BCUT2D eigenvalue weighted by molar-refractivity contribution is 14.0. The van der Waals surface area contributed by atoms with Crippen LogP contribution in [0.5, 0.6) is 11.5 Å². The second kappa shape index (κ2) is 9.82. The molecular formula is C21H28IN3O2. The molecule has 0 aliphatic carbocycles. The number of halogens is 1. The van der Waals surface area contributed by atoms with Gasteiger partial charge in [0.05, 0.1) is 0 Å². The van der Waals surface area contributed by atoms with E-state index >= 15 is 0 Å². The van der Waals surface area contributed by atoms with Gasteiger partial charge in [-0.2, -0.15) is 0 Å². The molecule has 0 saturated heterocycles. The van der Waals surface area contributed by atoms with E-state index in [-0.39, 0.29) is 29.4 Å². The van der Waals surface area contributed by atoms with Crippen molar-refractivity contribution in [3.05, 3.63) is 59.7 Å². The van der Waals surface area contributed by atoms with Crippen LogP contribution in [0, 0.1) is 0 Å². The van der Waals surface area contributed by atoms with E-state index in [2.05, 4.69) is 53.7 Å². The van der Waals surface area contributed by atoms with Crippen LogP contribution < -0.4 is 20.1 Å². The van der Waals surface area contributed by atoms with Crippen molar-refractivity contribution in [2.45, 2.75) is 25.8 Å². The van der Waals surface area contributed by atoms with Crippen molar-refractivity contribution in [2.75, 3.05) is 26.8 Å². The highest BCUT2D eigenvalue weighted by Gasteiger charge is 2.23. The quantitative estimate of drug-likeness (QED) is 0.389. The molecule has 1 aliphatic heterocycles. The fourth-order valence-corrected chi connectivity index (χ4v) is 2.87. The minimum absolute atomic E-state index is 0. The zero-order valence-electron chi connectivity index (χ0n) is 16.1. The van der Waals surface area contributed by atoms with Crippen LogP contribution in [0.2, 0.25) is 0 Å². The first-order chi connectivity index (χ1) is 12.6. The Morgan fingerprint density at radius 1 is 1.00 bits per heavy atom. The highest BCUT2D eigenvalue weighted by atomic mass is 127. The molecule has 0 spiro atoms. The van der Waals surface area contributed by atoms with E-state index in [1.54, 1.807) is 7.05 Å². The molecule has 0 atom stereocenters. The summed E-state index contributed by atoms with van der Waals surface area (Å²) in [6.07, 6.45) is 0. The van der Waals surface area contributed by atoms with E-state index in [1.165, 1.54) is 11.1 Å². The molecule has 0 saturated carbocycles. The summed E-state index contributed by atoms with van der Waals surface area (Å²) in [6.45, 7) is 7.11. The van der Waals surface area contributed by atoms with Crippen LogP contribution in [0.1, 0.15) is 25.0 Å². The summed E-state index contributed by atoms with van der Waals surface area (Å²) in [6, 6.07) is 16.5. The lowest BCUT2D eigenvalue weighted by Gasteiger charge is -2.28. The number of hydrogen-bond donors (Lipinski definition) is 2. The Morgan fingerprint density at radius 2 is 1.70 bits per heavy atom. The van der Waals surface area contributed by atoms with Crippen molar-refractivity contribution in [3.8, 4) is 11.5 Å². The molecule has 0 bridgehead atoms. The van der Waals surface area contributed by atoms with Gasteiger partial charge in [0.1, 0.15) is 13.2 Å². The number of benzene rings is 2. The Kier molecular flexibility index (Phi) is 7.77. The summed E-state index contributed by atoms with van der Waals surface area (Å²) in [5.74, 6) is 2.44. The predicted molar refractivity (Wildman–Crippen MR) is 121 cm³/mol. The smallest absolute Gasteiger partial charge is 0.191 e. The summed E-state index contributed by atoms with van der Waals surface area (Å²) < 4.78 is 11.3. The summed E-state index contributed by atoms with van der Waals surface area (Å²) in [4.78, 5) is 4.32. The first-order valence-corrected chi connectivity index (χ1v) is 8.97. The number of fused-ring (bicyclic) bond motifs is 1. The Balaban J connectivity index is 0.00000261. The first-order valence-electron chi connectivity index (χ1n) is 8.97. The largest absolute Gasteiger partial charge is 0.486 e. The van der Waals surface area contributed by atoms with Gasteiger partial charge in [0.2, 0.25) is 0 Å². The molecule has 6 heteroatoms. The average molecular weight is 481 g/mol. The lowest BCUT2D eigenvalue weighted by Crippen LogP contribution is -2.43. The van der Waals surface area contributed by atoms with Crippen molar-refractivity contribution in [3.63, 3.8) is 0 Å². The SMILES string of the molecule is CN=C(NCc1ccccc1)NCC(C)(C)c1ccc2c(c1)OCCO2.I. The van der Waals surface area contributed by atoms with Gasteiger partial charge in [0.15, 0.2) is 17.5 Å². The van der Waals surface area contributed by atoms with Crippen LogP contribution in [0.25, 0.3) is 0 Å². The molecule has 5 nitrogen and oxygen atoms in total. The number of nitrogens with one attached hydrogen (secondary N) is 2. The maximum absolute atomic E-state index is 5.71. The van der Waals surface area contributed by atoms with E-state index < -0.39 is 0 Å². The number of guanidine groups is 1. The normalized spacial score (nSPS) is 13.5. The third kappa shape index (κ3) is 5.76. The third-order valence-electron chi connectivity index (χ3n) is 4.55. The lowest BCUT2D eigenvalue weighted by molar-refractivity contribution is 0.171. The van der Waals surface area contributed by atoms with Gasteiger partial charge in [-0.25, -0.2) is 0 Å². The average Bonchev–Trinajstić information content (AvgIpc) is 2.68. The number of rotatable bonds is 5. The second-order valence-electron chi connectivity index (χ2n) is 7.01. The molecule has 0 radical (unpaired) electrons. The number of ether oxygens (including phenoxy) is 2. The van der Waals surface area contributed by atoms with Crippen LogP contribution in [0.3, 0.4) is 0 Å². The Morgan fingerprint density at radius 3 is 2.41 bits per heavy atom. The molecule has 146 valence electrons. The summed E-state index contributed by atoms with van der Waals surface area (Å²) >= 11 is 0. The van der Waals surface area contributed by atoms with Crippen molar-refractivity contribution in [2.24, 2.45) is 4.99 Å². The molecule has 0 aromatic heterocycles. The molecule has 0 unspecified atom stereocenters. The van der Waals surface area contributed by atoms with E-state index in [4.69, 9.17) is 9.47 Å². The van der Waals surface area contributed by atoms with Gasteiger partial charge in [-0.05, 0) is 23.3 Å². The topological polar surface area (TPSA) is 54.9 Å². The van der Waals surface area contributed by atoms with Gasteiger partial charge >= 0.3 is 0 Å². The van der Waals surface area contributed by atoms with Crippen LogP contribution >= 0.6 is 24.0 Å². The van der Waals surface area contributed by atoms with Gasteiger partial charge in [0.25, 0.3) is 0 Å². The monoisotopic (exact) mass is 481 g/mol. The minimum Gasteiger partial charge on any atom is -0.486 e. The molecule has 1 heterocycles. The lowest BCUT2D eigenvalue weighted by atomic mass is 9.84. The van der Waals surface area contributed by atoms with E-state index in [9.17, 15) is 0 Å². The van der Waals surface area contributed by atoms with Crippen LogP contribution in [-0.4, -0.2) is 32.8 Å². The predicted octanol–water partition coefficient (Wildman–Crippen LogP) is 3.72. The van der Waals surface area contributed by atoms with Gasteiger partial charge < -0.3 is 20.1 Å². The standard InChI is InChI=1S/C21H27N3O2.HI/c1-21(2,17-9-10-18-19(13-17)26-12-11-25-18)15-24-20(22-3)23-14-16-7-5-4-6-8-16;/h4-10,13H,11-12,14-15H2,1-3H3,(H2,22,23,24);1H. The molecule has 0 fully saturated rings. The zero-order chi connectivity index (χ0) is 18.4. The van der Waals surface area contributed by atoms with E-state index in [1.807, 2.05) is 24.3 Å². The van der Waals surface area contributed by atoms with E-state index in [0.717, 1.165) is 30.5 Å². The molecule has 3 rings (SSSR count). The van der Waals surface area contributed by atoms with Crippen LogP contribution in [0.4, 0.5) is 0 Å². The van der Waals surface area contributed by atoms with Crippen molar-refractivity contribution in [1.29, 1.82) is 0 Å². The molecule has 2 aromatic carbocycles. The third-order valence-corrected chi connectivity index (χ3v) is 4.55. The van der Waals surface area contributed by atoms with Crippen LogP contribution in [0.15, 0.2) is 53.5 Å². The summed E-state index contributed by atoms with van der Waals surface area (Å²) in [7, 11) is 1.79. The molecule has 0 amide bonds. The molecule has 2 N–H and O–H groups in total. The number of aliphatic imine (C=N–C) groups is 1. The maximum atomic E-state index is 5.71. The van der Waals surface area contributed by atoms with E-state index in [0.29, 0.717) is 13.2 Å². The molecular weight excluding hydrogens is 453 g/mol. The van der Waals surface area contributed by atoms with Gasteiger partial charge in [-0.3, -0.25) is 4.99 Å². The number of nitrogens with zero attached hydrogens (tertiary/aromatic N) is 1. The maximum Gasteiger partial charge on any atom is 0.191 e. The first kappa shape index (κ1) is 21.3. The summed E-state index contributed by atoms with van der Waals surface area (Å²) in [5.41, 5.74) is 2.34. The van der Waals surface area contributed by atoms with Crippen molar-refractivity contribution < 1.29 is 9.47 Å². The fourth-order valence-electron chi connectivity index (χ4n) is 2.87. The molecule has 27 heavy (non-hydrogen) atoms. The van der Waals surface area contributed by atoms with Gasteiger partial charge in [0, 0.05) is 25.6 Å². The number of hydrogen-bond acceptors (Lipinski definition) is 3. The van der Waals surface area contributed by atoms with Gasteiger partial charge in [-0.15, -0.1) is 24.0 Å². The Labute approximate surface area is 178 Å². The second-order valence-corrected chi connectivity index (χ2v) is 7.01. The Bertz CT molecular complexity index is 763. The molecule has 1 aliphatic rings. The van der Waals surface area contributed by atoms with Crippen molar-refractivity contribution in [1.82, 2.24) is 10.6 Å².